The molecule has 0 aliphatic heterocycles. The quantitative estimate of drug-likeness (QED) is 0.461. The van der Waals surface area contributed by atoms with E-state index in [-0.39, 0.29) is 28.8 Å². The molecule has 0 aliphatic carbocycles. The van der Waals surface area contributed by atoms with Gasteiger partial charge in [0.2, 0.25) is 15.9 Å². The number of nitrogens with one attached hydrogen (secondary N) is 3. The number of sulfonamides is 1. The van der Waals surface area contributed by atoms with E-state index in [1.807, 2.05) is 30.3 Å². The lowest BCUT2D eigenvalue weighted by atomic mass is 10.1. The van der Waals surface area contributed by atoms with Gasteiger partial charge in [-0.15, -0.1) is 0 Å². The van der Waals surface area contributed by atoms with E-state index >= 15 is 0 Å². The van der Waals surface area contributed by atoms with Gasteiger partial charge in [0.15, 0.2) is 0 Å². The smallest absolute Gasteiger partial charge is 0.255 e. The fourth-order valence-electron chi connectivity index (χ4n) is 3.05. The second-order valence-corrected chi connectivity index (χ2v) is 9.70. The maximum Gasteiger partial charge on any atom is 0.255 e. The van der Waals surface area contributed by atoms with E-state index in [1.54, 1.807) is 57.2 Å². The van der Waals surface area contributed by atoms with Gasteiger partial charge in [0.1, 0.15) is 0 Å². The molecule has 0 spiro atoms. The summed E-state index contributed by atoms with van der Waals surface area (Å²) < 4.78 is 28.3. The Morgan fingerprint density at radius 3 is 2.18 bits per heavy atom. The van der Waals surface area contributed by atoms with Gasteiger partial charge in [0, 0.05) is 29.4 Å². The average molecular weight is 466 g/mol. The van der Waals surface area contributed by atoms with Gasteiger partial charge in [0.25, 0.3) is 5.91 Å². The zero-order chi connectivity index (χ0) is 24.0. The van der Waals surface area contributed by atoms with Crippen LogP contribution in [-0.2, 0) is 21.4 Å². The van der Waals surface area contributed by atoms with Crippen molar-refractivity contribution in [2.24, 2.45) is 5.92 Å². The number of amides is 2. The third kappa shape index (κ3) is 6.50. The monoisotopic (exact) mass is 465 g/mol. The van der Waals surface area contributed by atoms with Crippen molar-refractivity contribution in [3.8, 4) is 0 Å². The fourth-order valence-corrected chi connectivity index (χ4v) is 4.33. The van der Waals surface area contributed by atoms with Crippen LogP contribution in [0.15, 0.2) is 77.7 Å². The van der Waals surface area contributed by atoms with Crippen molar-refractivity contribution < 1.29 is 18.0 Å². The predicted molar refractivity (Wildman–Crippen MR) is 130 cm³/mol. The van der Waals surface area contributed by atoms with Gasteiger partial charge in [-0.3, -0.25) is 9.59 Å². The van der Waals surface area contributed by atoms with Crippen LogP contribution in [0.3, 0.4) is 0 Å². The van der Waals surface area contributed by atoms with E-state index in [0.29, 0.717) is 16.9 Å². The van der Waals surface area contributed by atoms with Crippen molar-refractivity contribution in [3.05, 3.63) is 89.5 Å². The predicted octanol–water partition coefficient (Wildman–Crippen LogP) is 4.32. The summed E-state index contributed by atoms with van der Waals surface area (Å²) in [6, 6.07) is 20.5. The normalized spacial score (nSPS) is 11.3. The first kappa shape index (κ1) is 24.2. The number of carbonyl (C=O) groups is 2. The summed E-state index contributed by atoms with van der Waals surface area (Å²) in [6.07, 6.45) is 0. The third-order valence-corrected chi connectivity index (χ3v) is 6.50. The second-order valence-electron chi connectivity index (χ2n) is 7.97. The van der Waals surface area contributed by atoms with Crippen LogP contribution in [0.25, 0.3) is 0 Å². The molecule has 2 amide bonds. The fraction of sp³-hybridized carbons (Fsp3) is 0.200. The number of benzene rings is 3. The summed E-state index contributed by atoms with van der Waals surface area (Å²) in [5, 5.41) is 5.53. The van der Waals surface area contributed by atoms with Gasteiger partial charge in [-0.1, -0.05) is 56.3 Å². The Bertz CT molecular complexity index is 1260. The maximum absolute atomic E-state index is 12.9. The van der Waals surface area contributed by atoms with Crippen molar-refractivity contribution >= 4 is 33.2 Å². The minimum Gasteiger partial charge on any atom is -0.326 e. The molecule has 0 fully saturated rings. The molecule has 33 heavy (non-hydrogen) atoms. The summed E-state index contributed by atoms with van der Waals surface area (Å²) in [5.74, 6) is -0.761. The number of anilines is 2. The molecule has 3 rings (SSSR count). The van der Waals surface area contributed by atoms with Crippen LogP contribution >= 0.6 is 0 Å². The minimum atomic E-state index is -3.82. The Morgan fingerprint density at radius 2 is 1.52 bits per heavy atom. The molecule has 7 nitrogen and oxygen atoms in total. The molecular formula is C25H27N3O4S. The Kier molecular flexibility index (Phi) is 7.63. The van der Waals surface area contributed by atoms with E-state index in [4.69, 9.17) is 0 Å². The Balaban J connectivity index is 1.76. The third-order valence-electron chi connectivity index (χ3n) is 4.96. The highest BCUT2D eigenvalue weighted by molar-refractivity contribution is 7.89. The zero-order valence-corrected chi connectivity index (χ0v) is 19.6. The molecule has 0 radical (unpaired) electrons. The summed E-state index contributed by atoms with van der Waals surface area (Å²) in [7, 11) is -3.82. The van der Waals surface area contributed by atoms with Crippen molar-refractivity contribution in [1.29, 1.82) is 0 Å². The molecule has 0 unspecified atom stereocenters. The van der Waals surface area contributed by atoms with Crippen LogP contribution in [0, 0.1) is 12.8 Å². The van der Waals surface area contributed by atoms with Crippen molar-refractivity contribution in [1.82, 2.24) is 4.72 Å². The summed E-state index contributed by atoms with van der Waals surface area (Å²) in [6.45, 7) is 5.41. The molecule has 3 N–H and O–H groups in total. The molecule has 0 aliphatic rings. The van der Waals surface area contributed by atoms with E-state index in [1.165, 1.54) is 6.07 Å². The SMILES string of the molecule is Cc1ccc(C(=O)Nc2cccc(NC(=O)C(C)C)c2)cc1S(=O)(=O)NCc1ccccc1. The first-order chi connectivity index (χ1) is 15.7. The lowest BCUT2D eigenvalue weighted by molar-refractivity contribution is -0.118. The number of aryl methyl sites for hydroxylation is 1. The van der Waals surface area contributed by atoms with Crippen LogP contribution in [0.2, 0.25) is 0 Å². The molecule has 0 heterocycles. The second kappa shape index (κ2) is 10.4. The largest absolute Gasteiger partial charge is 0.326 e. The summed E-state index contributed by atoms with van der Waals surface area (Å²) in [4.78, 5) is 24.8. The highest BCUT2D eigenvalue weighted by Crippen LogP contribution is 2.20. The topological polar surface area (TPSA) is 104 Å². The Labute approximate surface area is 194 Å². The van der Waals surface area contributed by atoms with Gasteiger partial charge in [-0.25, -0.2) is 13.1 Å². The van der Waals surface area contributed by atoms with E-state index in [2.05, 4.69) is 15.4 Å². The number of hydrogen-bond donors (Lipinski definition) is 3. The summed E-state index contributed by atoms with van der Waals surface area (Å²) >= 11 is 0. The number of hydrogen-bond acceptors (Lipinski definition) is 4. The van der Waals surface area contributed by atoms with E-state index in [0.717, 1.165) is 5.56 Å². The molecule has 0 saturated carbocycles. The lowest BCUT2D eigenvalue weighted by Crippen LogP contribution is -2.24. The van der Waals surface area contributed by atoms with Crippen molar-refractivity contribution in [2.75, 3.05) is 10.6 Å². The van der Waals surface area contributed by atoms with Crippen LogP contribution in [0.1, 0.15) is 35.3 Å². The zero-order valence-electron chi connectivity index (χ0n) is 18.8. The van der Waals surface area contributed by atoms with Gasteiger partial charge in [-0.2, -0.15) is 0 Å². The summed E-state index contributed by atoms with van der Waals surface area (Å²) in [5.41, 5.74) is 2.61. The van der Waals surface area contributed by atoms with Gasteiger partial charge >= 0.3 is 0 Å². The Morgan fingerprint density at radius 1 is 0.848 bits per heavy atom. The van der Waals surface area contributed by atoms with E-state index in [9.17, 15) is 18.0 Å². The molecule has 0 aromatic heterocycles. The average Bonchev–Trinajstić information content (AvgIpc) is 2.78. The van der Waals surface area contributed by atoms with Gasteiger partial charge < -0.3 is 10.6 Å². The van der Waals surface area contributed by atoms with E-state index < -0.39 is 15.9 Å². The Hall–Kier alpha value is -3.49. The molecule has 0 bridgehead atoms. The lowest BCUT2D eigenvalue weighted by Gasteiger charge is -2.13. The molecule has 172 valence electrons. The van der Waals surface area contributed by atoms with Crippen LogP contribution in [0.5, 0.6) is 0 Å². The first-order valence-electron chi connectivity index (χ1n) is 10.5. The van der Waals surface area contributed by atoms with Crippen molar-refractivity contribution in [2.45, 2.75) is 32.2 Å². The first-order valence-corrected chi connectivity index (χ1v) is 12.0. The van der Waals surface area contributed by atoms with Crippen LogP contribution in [0.4, 0.5) is 11.4 Å². The molecule has 8 heteroatoms. The standard InChI is InChI=1S/C25H27N3O4S/c1-17(2)24(29)27-21-10-7-11-22(15-21)28-25(30)20-13-12-18(3)23(14-20)33(31,32)26-16-19-8-5-4-6-9-19/h4-15,17,26H,16H2,1-3H3,(H,27,29)(H,28,30). The van der Waals surface area contributed by atoms with Crippen molar-refractivity contribution in [3.63, 3.8) is 0 Å². The highest BCUT2D eigenvalue weighted by atomic mass is 32.2. The highest BCUT2D eigenvalue weighted by Gasteiger charge is 2.19. The molecule has 0 atom stereocenters. The minimum absolute atomic E-state index is 0.0454. The molecular weight excluding hydrogens is 438 g/mol. The van der Waals surface area contributed by atoms with Gasteiger partial charge in [0.05, 0.1) is 4.90 Å². The van der Waals surface area contributed by atoms with Crippen LogP contribution in [-0.4, -0.2) is 20.2 Å². The maximum atomic E-state index is 12.9. The van der Waals surface area contributed by atoms with Gasteiger partial charge in [-0.05, 0) is 48.4 Å². The number of carbonyl (C=O) groups excluding carboxylic acids is 2. The molecule has 3 aromatic rings. The molecule has 0 saturated heterocycles. The van der Waals surface area contributed by atoms with Crippen LogP contribution < -0.4 is 15.4 Å². The molecule has 3 aromatic carbocycles. The number of rotatable bonds is 8.